The smallest absolute Gasteiger partial charge is 0.243 e. The van der Waals surface area contributed by atoms with Crippen molar-refractivity contribution in [1.29, 1.82) is 5.26 Å². The second kappa shape index (κ2) is 6.26. The maximum Gasteiger partial charge on any atom is 0.243 e. The van der Waals surface area contributed by atoms with Gasteiger partial charge < -0.3 is 9.32 Å². The lowest BCUT2D eigenvalue weighted by atomic mass is 10.2. The molecule has 0 unspecified atom stereocenters. The van der Waals surface area contributed by atoms with E-state index in [9.17, 15) is 8.42 Å². The van der Waals surface area contributed by atoms with Crippen molar-refractivity contribution < 1.29 is 12.8 Å². The second-order valence-corrected chi connectivity index (χ2v) is 7.75. The highest BCUT2D eigenvalue weighted by Gasteiger charge is 2.27. The van der Waals surface area contributed by atoms with Gasteiger partial charge in [0.05, 0.1) is 4.90 Å². The first-order valence-electron chi connectivity index (χ1n) is 7.62. The third-order valence-corrected chi connectivity index (χ3v) is 5.84. The zero-order chi connectivity index (χ0) is 17.3. The summed E-state index contributed by atoms with van der Waals surface area (Å²) in [6, 6.07) is 8.39. The van der Waals surface area contributed by atoms with E-state index in [2.05, 4.69) is 4.98 Å². The molecule has 7 nitrogen and oxygen atoms in total. The zero-order valence-corrected chi connectivity index (χ0v) is 14.4. The van der Waals surface area contributed by atoms with Crippen molar-refractivity contribution >= 4 is 15.9 Å². The summed E-state index contributed by atoms with van der Waals surface area (Å²) in [5.41, 5.74) is 0.823. The number of hydrogen-bond acceptors (Lipinski definition) is 6. The third-order valence-electron chi connectivity index (χ3n) is 3.93. The molecule has 24 heavy (non-hydrogen) atoms. The van der Waals surface area contributed by atoms with Gasteiger partial charge in [0.25, 0.3) is 0 Å². The molecule has 0 bridgehead atoms. The second-order valence-electron chi connectivity index (χ2n) is 5.81. The van der Waals surface area contributed by atoms with E-state index < -0.39 is 10.0 Å². The quantitative estimate of drug-likeness (QED) is 0.842. The highest BCUT2D eigenvalue weighted by atomic mass is 32.2. The van der Waals surface area contributed by atoms with Crippen molar-refractivity contribution in [2.75, 3.05) is 32.1 Å². The van der Waals surface area contributed by atoms with Crippen molar-refractivity contribution in [2.45, 2.75) is 17.7 Å². The summed E-state index contributed by atoms with van der Waals surface area (Å²) >= 11 is 0. The molecule has 2 heterocycles. The molecule has 0 spiro atoms. The zero-order valence-electron chi connectivity index (χ0n) is 13.6. The molecule has 0 amide bonds. The van der Waals surface area contributed by atoms with Crippen LogP contribution in [0.25, 0.3) is 11.5 Å². The van der Waals surface area contributed by atoms with E-state index in [1.807, 2.05) is 6.07 Å². The standard InChI is InChI=1S/C16H18N4O3S/c1-19(2)16-14(11-17)18-15(23-16)12-5-7-13(8-6-12)24(21,22)20-9-3-4-10-20/h5-8H,3-4,9-10H2,1-2H3. The van der Waals surface area contributed by atoms with Crippen LogP contribution in [0.1, 0.15) is 18.5 Å². The highest BCUT2D eigenvalue weighted by molar-refractivity contribution is 7.89. The summed E-state index contributed by atoms with van der Waals surface area (Å²) in [4.78, 5) is 6.09. The Labute approximate surface area is 141 Å². The molecule has 2 aromatic rings. The summed E-state index contributed by atoms with van der Waals surface area (Å²) in [7, 11) is 0.0846. The van der Waals surface area contributed by atoms with Crippen LogP contribution in [-0.2, 0) is 10.0 Å². The largest absolute Gasteiger partial charge is 0.419 e. The molecule has 1 saturated heterocycles. The van der Waals surface area contributed by atoms with Gasteiger partial charge in [-0.2, -0.15) is 14.6 Å². The Morgan fingerprint density at radius 3 is 2.33 bits per heavy atom. The Balaban J connectivity index is 1.91. The molecule has 1 fully saturated rings. The van der Waals surface area contributed by atoms with Gasteiger partial charge in [0, 0.05) is 32.7 Å². The van der Waals surface area contributed by atoms with Crippen LogP contribution in [0.4, 0.5) is 5.88 Å². The van der Waals surface area contributed by atoms with Crippen LogP contribution in [0.2, 0.25) is 0 Å². The normalized spacial score (nSPS) is 15.4. The number of sulfonamides is 1. The Bertz CT molecular complexity index is 873. The van der Waals surface area contributed by atoms with Gasteiger partial charge in [-0.3, -0.25) is 0 Å². The maximum absolute atomic E-state index is 12.5. The molecule has 0 atom stereocenters. The SMILES string of the molecule is CN(C)c1oc(-c2ccc(S(=O)(=O)N3CCCC3)cc2)nc1C#N. The number of aromatic nitrogens is 1. The fraction of sp³-hybridized carbons (Fsp3) is 0.375. The van der Waals surface area contributed by atoms with Gasteiger partial charge in [-0.15, -0.1) is 0 Å². The molecule has 0 N–H and O–H groups in total. The monoisotopic (exact) mass is 346 g/mol. The number of oxazole rings is 1. The van der Waals surface area contributed by atoms with Crippen molar-refractivity contribution in [2.24, 2.45) is 0 Å². The molecule has 3 rings (SSSR count). The fourth-order valence-corrected chi connectivity index (χ4v) is 4.18. The number of nitriles is 1. The van der Waals surface area contributed by atoms with Crippen LogP contribution < -0.4 is 4.90 Å². The van der Waals surface area contributed by atoms with Crippen LogP contribution in [-0.4, -0.2) is 44.9 Å². The van der Waals surface area contributed by atoms with E-state index in [-0.39, 0.29) is 10.6 Å². The molecule has 126 valence electrons. The Kier molecular flexibility index (Phi) is 4.30. The van der Waals surface area contributed by atoms with Gasteiger partial charge >= 0.3 is 0 Å². The average molecular weight is 346 g/mol. The van der Waals surface area contributed by atoms with E-state index in [0.29, 0.717) is 30.4 Å². The minimum Gasteiger partial charge on any atom is -0.419 e. The van der Waals surface area contributed by atoms with Gasteiger partial charge in [0.15, 0.2) is 0 Å². The number of rotatable bonds is 4. The van der Waals surface area contributed by atoms with Gasteiger partial charge in [0.2, 0.25) is 27.5 Å². The van der Waals surface area contributed by atoms with Crippen LogP contribution >= 0.6 is 0 Å². The topological polar surface area (TPSA) is 90.4 Å². The fourth-order valence-electron chi connectivity index (χ4n) is 2.66. The van der Waals surface area contributed by atoms with Gasteiger partial charge in [-0.05, 0) is 37.1 Å². The van der Waals surface area contributed by atoms with E-state index >= 15 is 0 Å². The number of hydrogen-bond donors (Lipinski definition) is 0. The van der Waals surface area contributed by atoms with Crippen LogP contribution in [0, 0.1) is 11.3 Å². The number of benzene rings is 1. The van der Waals surface area contributed by atoms with E-state index in [0.717, 1.165) is 12.8 Å². The minimum absolute atomic E-state index is 0.198. The van der Waals surface area contributed by atoms with E-state index in [1.54, 1.807) is 43.3 Å². The molecule has 1 aromatic heterocycles. The highest BCUT2D eigenvalue weighted by Crippen LogP contribution is 2.28. The van der Waals surface area contributed by atoms with Crippen LogP contribution in [0.3, 0.4) is 0 Å². The van der Waals surface area contributed by atoms with Gasteiger partial charge in [-0.25, -0.2) is 8.42 Å². The minimum atomic E-state index is -3.44. The first-order valence-corrected chi connectivity index (χ1v) is 9.06. The Morgan fingerprint density at radius 1 is 1.21 bits per heavy atom. The lowest BCUT2D eigenvalue weighted by Crippen LogP contribution is -2.27. The Hall–Kier alpha value is -2.37. The van der Waals surface area contributed by atoms with Crippen molar-refractivity contribution in [1.82, 2.24) is 9.29 Å². The van der Waals surface area contributed by atoms with Crippen molar-refractivity contribution in [3.05, 3.63) is 30.0 Å². The summed E-state index contributed by atoms with van der Waals surface area (Å²) in [6.07, 6.45) is 1.80. The van der Waals surface area contributed by atoms with E-state index in [4.69, 9.17) is 9.68 Å². The first-order chi connectivity index (χ1) is 11.4. The first kappa shape index (κ1) is 16.5. The summed E-state index contributed by atoms with van der Waals surface area (Å²) < 4.78 is 32.1. The number of anilines is 1. The van der Waals surface area contributed by atoms with Crippen molar-refractivity contribution in [3.8, 4) is 17.5 Å². The van der Waals surface area contributed by atoms with Gasteiger partial charge in [-0.1, -0.05) is 0 Å². The van der Waals surface area contributed by atoms with Crippen LogP contribution in [0.5, 0.6) is 0 Å². The predicted octanol–water partition coefficient (Wildman–Crippen LogP) is 2.06. The molecular formula is C16H18N4O3S. The molecule has 0 aliphatic carbocycles. The van der Waals surface area contributed by atoms with Crippen LogP contribution in [0.15, 0.2) is 33.6 Å². The predicted molar refractivity (Wildman–Crippen MR) is 89.0 cm³/mol. The number of nitrogens with zero attached hydrogens (tertiary/aromatic N) is 4. The Morgan fingerprint density at radius 2 is 1.83 bits per heavy atom. The molecular weight excluding hydrogens is 328 g/mol. The maximum atomic E-state index is 12.5. The summed E-state index contributed by atoms with van der Waals surface area (Å²) in [5.74, 6) is 0.668. The molecule has 0 saturated carbocycles. The molecule has 0 radical (unpaired) electrons. The molecule has 8 heteroatoms. The third kappa shape index (κ3) is 2.88. The van der Waals surface area contributed by atoms with Gasteiger partial charge in [0.1, 0.15) is 6.07 Å². The summed E-state index contributed by atoms with van der Waals surface area (Å²) in [6.45, 7) is 1.14. The summed E-state index contributed by atoms with van der Waals surface area (Å²) in [5, 5.41) is 9.12. The lowest BCUT2D eigenvalue weighted by molar-refractivity contribution is 0.477. The molecule has 1 aliphatic heterocycles. The van der Waals surface area contributed by atoms with E-state index in [1.165, 1.54) is 4.31 Å². The van der Waals surface area contributed by atoms with Crippen molar-refractivity contribution in [3.63, 3.8) is 0 Å². The average Bonchev–Trinajstić information content (AvgIpc) is 3.24. The molecule has 1 aromatic carbocycles. The molecule has 1 aliphatic rings. The lowest BCUT2D eigenvalue weighted by Gasteiger charge is -2.15.